The third kappa shape index (κ3) is 2.15. The van der Waals surface area contributed by atoms with Gasteiger partial charge in [-0.25, -0.2) is 0 Å². The molecule has 0 spiro atoms. The number of ether oxygens (including phenoxy) is 2. The van der Waals surface area contributed by atoms with Crippen LogP contribution in [0.15, 0.2) is 18.2 Å². The molecule has 1 aliphatic rings. The van der Waals surface area contributed by atoms with Crippen molar-refractivity contribution in [1.29, 1.82) is 0 Å². The van der Waals surface area contributed by atoms with Crippen LogP contribution >= 0.6 is 0 Å². The summed E-state index contributed by atoms with van der Waals surface area (Å²) in [5.41, 5.74) is 0.989. The van der Waals surface area contributed by atoms with Crippen LogP contribution in [0.25, 0.3) is 0 Å². The summed E-state index contributed by atoms with van der Waals surface area (Å²) in [7, 11) is 3.34. The molecule has 82 valence electrons. The second-order valence-electron chi connectivity index (χ2n) is 3.57. The van der Waals surface area contributed by atoms with Gasteiger partial charge in [0.05, 0.1) is 25.9 Å². The molecule has 1 aromatic carbocycles. The van der Waals surface area contributed by atoms with E-state index in [2.05, 4.69) is 10.6 Å². The molecule has 2 rings (SSSR count). The second-order valence-corrected chi connectivity index (χ2v) is 3.57. The predicted molar refractivity (Wildman–Crippen MR) is 59.8 cm³/mol. The van der Waals surface area contributed by atoms with Crippen molar-refractivity contribution >= 4 is 5.69 Å². The number of rotatable bonds is 4. The minimum atomic E-state index is 0.492. The molecule has 2 N–H and O–H groups in total. The Bertz CT molecular complexity index is 337. The van der Waals surface area contributed by atoms with Gasteiger partial charge in [-0.3, -0.25) is 0 Å². The van der Waals surface area contributed by atoms with Gasteiger partial charge in [-0.2, -0.15) is 0 Å². The smallest absolute Gasteiger partial charge is 0.142 e. The third-order valence-electron chi connectivity index (χ3n) is 2.55. The lowest BCUT2D eigenvalue weighted by Crippen LogP contribution is -2.51. The highest BCUT2D eigenvalue weighted by molar-refractivity contribution is 5.60. The highest BCUT2D eigenvalue weighted by Gasteiger charge is 2.17. The highest BCUT2D eigenvalue weighted by Crippen LogP contribution is 2.29. The molecule has 0 bridgehead atoms. The van der Waals surface area contributed by atoms with E-state index in [1.807, 2.05) is 18.2 Å². The summed E-state index contributed by atoms with van der Waals surface area (Å²) in [6.45, 7) is 2.00. The van der Waals surface area contributed by atoms with E-state index in [-0.39, 0.29) is 0 Å². The first-order valence-corrected chi connectivity index (χ1v) is 5.03. The molecule has 0 unspecified atom stereocenters. The summed E-state index contributed by atoms with van der Waals surface area (Å²) in [5.74, 6) is 1.69. The normalized spacial score (nSPS) is 15.6. The molecular weight excluding hydrogens is 192 g/mol. The van der Waals surface area contributed by atoms with Crippen molar-refractivity contribution < 1.29 is 9.47 Å². The predicted octanol–water partition coefficient (Wildman–Crippen LogP) is 1.09. The highest BCUT2D eigenvalue weighted by atomic mass is 16.5. The SMILES string of the molecule is COc1ccc(OC)c(NC2CNC2)c1. The summed E-state index contributed by atoms with van der Waals surface area (Å²) in [6, 6.07) is 6.25. The van der Waals surface area contributed by atoms with Crippen LogP contribution in [0.1, 0.15) is 0 Å². The maximum atomic E-state index is 5.28. The van der Waals surface area contributed by atoms with Gasteiger partial charge in [-0.05, 0) is 12.1 Å². The number of nitrogens with one attached hydrogen (secondary N) is 2. The van der Waals surface area contributed by atoms with Crippen molar-refractivity contribution in [2.45, 2.75) is 6.04 Å². The van der Waals surface area contributed by atoms with Crippen LogP contribution in [0, 0.1) is 0 Å². The molecule has 1 saturated heterocycles. The quantitative estimate of drug-likeness (QED) is 0.777. The van der Waals surface area contributed by atoms with E-state index in [0.717, 1.165) is 30.3 Å². The molecule has 0 aliphatic carbocycles. The molecule has 1 aromatic rings. The van der Waals surface area contributed by atoms with Crippen molar-refractivity contribution in [2.24, 2.45) is 0 Å². The summed E-state index contributed by atoms with van der Waals surface area (Å²) in [6.07, 6.45) is 0. The van der Waals surface area contributed by atoms with Crippen LogP contribution in [0.3, 0.4) is 0 Å². The number of hydrogen-bond acceptors (Lipinski definition) is 4. The fraction of sp³-hybridized carbons (Fsp3) is 0.455. The first-order chi connectivity index (χ1) is 7.33. The van der Waals surface area contributed by atoms with Crippen molar-refractivity contribution in [3.63, 3.8) is 0 Å². The van der Waals surface area contributed by atoms with Gasteiger partial charge in [0, 0.05) is 19.2 Å². The van der Waals surface area contributed by atoms with Gasteiger partial charge in [-0.15, -0.1) is 0 Å². The number of benzene rings is 1. The fourth-order valence-corrected chi connectivity index (χ4v) is 1.54. The van der Waals surface area contributed by atoms with Crippen LogP contribution in [-0.2, 0) is 0 Å². The molecule has 4 nitrogen and oxygen atoms in total. The Morgan fingerprint density at radius 2 is 2.07 bits per heavy atom. The van der Waals surface area contributed by atoms with Gasteiger partial charge in [0.15, 0.2) is 0 Å². The molecule has 15 heavy (non-hydrogen) atoms. The average molecular weight is 208 g/mol. The summed E-state index contributed by atoms with van der Waals surface area (Å²) >= 11 is 0. The fourth-order valence-electron chi connectivity index (χ4n) is 1.54. The lowest BCUT2D eigenvalue weighted by molar-refractivity contribution is 0.402. The Morgan fingerprint density at radius 1 is 1.27 bits per heavy atom. The zero-order chi connectivity index (χ0) is 10.7. The Kier molecular flexibility index (Phi) is 2.97. The Balaban J connectivity index is 2.16. The number of methoxy groups -OCH3 is 2. The largest absolute Gasteiger partial charge is 0.497 e. The standard InChI is InChI=1S/C11H16N2O2/c1-14-9-3-4-11(15-2)10(5-9)13-8-6-12-7-8/h3-5,8,12-13H,6-7H2,1-2H3. The van der Waals surface area contributed by atoms with Crippen LogP contribution < -0.4 is 20.1 Å². The minimum Gasteiger partial charge on any atom is -0.497 e. The summed E-state index contributed by atoms with van der Waals surface area (Å²) in [5, 5.41) is 6.62. The van der Waals surface area contributed by atoms with Gasteiger partial charge >= 0.3 is 0 Å². The number of hydrogen-bond donors (Lipinski definition) is 2. The first-order valence-electron chi connectivity index (χ1n) is 5.03. The molecule has 0 saturated carbocycles. The van der Waals surface area contributed by atoms with Crippen LogP contribution in [0.4, 0.5) is 5.69 Å². The summed E-state index contributed by atoms with van der Waals surface area (Å²) in [4.78, 5) is 0. The Morgan fingerprint density at radius 3 is 2.60 bits per heavy atom. The maximum absolute atomic E-state index is 5.28. The summed E-state index contributed by atoms with van der Waals surface area (Å²) < 4.78 is 10.5. The average Bonchev–Trinajstić information content (AvgIpc) is 2.23. The van der Waals surface area contributed by atoms with Crippen LogP contribution in [0.5, 0.6) is 11.5 Å². The topological polar surface area (TPSA) is 42.5 Å². The molecule has 0 amide bonds. The second kappa shape index (κ2) is 4.40. The molecular formula is C11H16N2O2. The molecule has 1 fully saturated rings. The van der Waals surface area contributed by atoms with E-state index in [4.69, 9.17) is 9.47 Å². The van der Waals surface area contributed by atoms with Crippen molar-refractivity contribution in [1.82, 2.24) is 5.32 Å². The first kappa shape index (κ1) is 10.1. The van der Waals surface area contributed by atoms with E-state index in [1.165, 1.54) is 0 Å². The zero-order valence-corrected chi connectivity index (χ0v) is 9.04. The van der Waals surface area contributed by atoms with E-state index in [1.54, 1.807) is 14.2 Å². The van der Waals surface area contributed by atoms with Gasteiger partial charge in [0.2, 0.25) is 0 Å². The third-order valence-corrected chi connectivity index (χ3v) is 2.55. The van der Waals surface area contributed by atoms with Crippen LogP contribution in [0.2, 0.25) is 0 Å². The van der Waals surface area contributed by atoms with Gasteiger partial charge in [-0.1, -0.05) is 0 Å². The van der Waals surface area contributed by atoms with Crippen molar-refractivity contribution in [3.05, 3.63) is 18.2 Å². The van der Waals surface area contributed by atoms with E-state index in [0.29, 0.717) is 6.04 Å². The lowest BCUT2D eigenvalue weighted by Gasteiger charge is -2.29. The molecule has 0 aromatic heterocycles. The van der Waals surface area contributed by atoms with E-state index in [9.17, 15) is 0 Å². The molecule has 1 heterocycles. The molecule has 0 radical (unpaired) electrons. The van der Waals surface area contributed by atoms with Crippen LogP contribution in [-0.4, -0.2) is 33.4 Å². The van der Waals surface area contributed by atoms with Gasteiger partial charge in [0.1, 0.15) is 11.5 Å². The Hall–Kier alpha value is -1.42. The van der Waals surface area contributed by atoms with Gasteiger partial charge < -0.3 is 20.1 Å². The lowest BCUT2D eigenvalue weighted by atomic mass is 10.1. The van der Waals surface area contributed by atoms with Crippen molar-refractivity contribution in [3.8, 4) is 11.5 Å². The molecule has 4 heteroatoms. The molecule has 1 aliphatic heterocycles. The monoisotopic (exact) mass is 208 g/mol. The van der Waals surface area contributed by atoms with Crippen molar-refractivity contribution in [2.75, 3.05) is 32.6 Å². The molecule has 0 atom stereocenters. The maximum Gasteiger partial charge on any atom is 0.142 e. The zero-order valence-electron chi connectivity index (χ0n) is 9.04. The van der Waals surface area contributed by atoms with E-state index < -0.39 is 0 Å². The Labute approximate surface area is 89.6 Å². The van der Waals surface area contributed by atoms with Gasteiger partial charge in [0.25, 0.3) is 0 Å². The minimum absolute atomic E-state index is 0.492. The number of anilines is 1. The van der Waals surface area contributed by atoms with E-state index >= 15 is 0 Å².